The normalized spacial score (nSPS) is 14.9. The summed E-state index contributed by atoms with van der Waals surface area (Å²) in [6.45, 7) is 2.85. The third-order valence-electron chi connectivity index (χ3n) is 5.64. The molecule has 0 N–H and O–H groups in total. The first kappa shape index (κ1) is 20.5. The van der Waals surface area contributed by atoms with Crippen molar-refractivity contribution >= 4 is 0 Å². The summed E-state index contributed by atoms with van der Waals surface area (Å²) < 4.78 is 49.4. The summed E-state index contributed by atoms with van der Waals surface area (Å²) in [5.74, 6) is 2.33. The lowest BCUT2D eigenvalue weighted by Gasteiger charge is -2.18. The highest BCUT2D eigenvalue weighted by atomic mass is 19.4. The number of hydrogen-bond donors (Lipinski definition) is 0. The van der Waals surface area contributed by atoms with Gasteiger partial charge in [0, 0.05) is 31.6 Å². The molecule has 3 aromatic rings. The first-order valence-electron chi connectivity index (χ1n) is 10.1. The minimum Gasteiger partial charge on any atom is -0.497 e. The fourth-order valence-corrected chi connectivity index (χ4v) is 3.86. The summed E-state index contributed by atoms with van der Waals surface area (Å²) in [5.41, 5.74) is 2.71. The molecule has 1 aliphatic heterocycles. The first-order chi connectivity index (χ1) is 14.4. The third kappa shape index (κ3) is 4.70. The molecule has 0 saturated carbocycles. The summed E-state index contributed by atoms with van der Waals surface area (Å²) in [6, 6.07) is 15.1. The van der Waals surface area contributed by atoms with Gasteiger partial charge in [-0.05, 0) is 60.4 Å². The molecule has 0 unspecified atom stereocenters. The summed E-state index contributed by atoms with van der Waals surface area (Å²) in [4.78, 5) is 2.42. The molecule has 0 radical (unpaired) electrons. The Morgan fingerprint density at radius 3 is 2.37 bits per heavy atom. The molecule has 0 bridgehead atoms. The number of rotatable bonds is 5. The highest BCUT2D eigenvalue weighted by Crippen LogP contribution is 2.31. The number of ether oxygens (including phenoxy) is 1. The van der Waals surface area contributed by atoms with Crippen LogP contribution in [0.5, 0.6) is 5.75 Å². The van der Waals surface area contributed by atoms with Crippen LogP contribution < -0.4 is 4.74 Å². The van der Waals surface area contributed by atoms with Crippen LogP contribution in [-0.4, -0.2) is 31.6 Å². The Labute approximate surface area is 174 Å². The molecule has 6 heteroatoms. The van der Waals surface area contributed by atoms with Gasteiger partial charge in [-0.15, -0.1) is 0 Å². The molecule has 0 saturated heterocycles. The minimum absolute atomic E-state index is 0.592. The van der Waals surface area contributed by atoms with Gasteiger partial charge < -0.3 is 14.1 Å². The first-order valence-corrected chi connectivity index (χ1v) is 10.1. The molecule has 0 aliphatic carbocycles. The number of halogens is 3. The van der Waals surface area contributed by atoms with E-state index in [9.17, 15) is 13.2 Å². The molecule has 2 aromatic carbocycles. The van der Waals surface area contributed by atoms with Crippen molar-refractivity contribution in [3.8, 4) is 17.1 Å². The van der Waals surface area contributed by atoms with E-state index in [1.807, 2.05) is 18.2 Å². The second-order valence-corrected chi connectivity index (χ2v) is 7.57. The lowest BCUT2D eigenvalue weighted by Crippen LogP contribution is -2.28. The van der Waals surface area contributed by atoms with Crippen LogP contribution in [0.25, 0.3) is 11.3 Å². The largest absolute Gasteiger partial charge is 0.497 e. The number of furan rings is 1. The molecule has 1 aromatic heterocycles. The van der Waals surface area contributed by atoms with E-state index in [0.717, 1.165) is 62.5 Å². The Bertz CT molecular complexity index is 992. The highest BCUT2D eigenvalue weighted by molar-refractivity contribution is 5.58. The molecule has 158 valence electrons. The molecule has 3 nitrogen and oxygen atoms in total. The molecule has 4 rings (SSSR count). The Morgan fingerprint density at radius 2 is 1.67 bits per heavy atom. The van der Waals surface area contributed by atoms with Crippen LogP contribution in [0.4, 0.5) is 13.2 Å². The van der Waals surface area contributed by atoms with Crippen molar-refractivity contribution in [2.24, 2.45) is 0 Å². The Kier molecular flexibility index (Phi) is 5.86. The van der Waals surface area contributed by atoms with Gasteiger partial charge in [-0.1, -0.05) is 18.2 Å². The number of methoxy groups -OCH3 is 1. The van der Waals surface area contributed by atoms with Gasteiger partial charge in [0.15, 0.2) is 0 Å². The number of alkyl halides is 3. The zero-order chi connectivity index (χ0) is 21.1. The maximum atomic E-state index is 12.7. The van der Waals surface area contributed by atoms with Gasteiger partial charge in [-0.2, -0.15) is 13.2 Å². The quantitative estimate of drug-likeness (QED) is 0.541. The van der Waals surface area contributed by atoms with Crippen molar-refractivity contribution in [1.29, 1.82) is 0 Å². The number of benzene rings is 2. The zero-order valence-electron chi connectivity index (χ0n) is 16.8. The molecule has 0 fully saturated rings. The smallest absolute Gasteiger partial charge is 0.416 e. The van der Waals surface area contributed by atoms with Crippen molar-refractivity contribution in [2.75, 3.05) is 26.7 Å². The van der Waals surface area contributed by atoms with Crippen LogP contribution in [0.1, 0.15) is 22.5 Å². The lowest BCUT2D eigenvalue weighted by atomic mass is 10.0. The molecule has 1 aliphatic rings. The van der Waals surface area contributed by atoms with Gasteiger partial charge in [0.05, 0.1) is 12.7 Å². The van der Waals surface area contributed by atoms with E-state index < -0.39 is 11.7 Å². The van der Waals surface area contributed by atoms with Crippen molar-refractivity contribution in [3.05, 3.63) is 77.0 Å². The van der Waals surface area contributed by atoms with E-state index in [4.69, 9.17) is 9.15 Å². The predicted octanol–water partition coefficient (Wildman–Crippen LogP) is 5.62. The van der Waals surface area contributed by atoms with E-state index >= 15 is 0 Å². The minimum atomic E-state index is -4.33. The molecule has 0 atom stereocenters. The maximum Gasteiger partial charge on any atom is 0.416 e. The highest BCUT2D eigenvalue weighted by Gasteiger charge is 2.30. The Morgan fingerprint density at radius 1 is 0.933 bits per heavy atom. The molecular formula is C24H24F3NO2. The van der Waals surface area contributed by atoms with Crippen molar-refractivity contribution in [2.45, 2.75) is 25.4 Å². The van der Waals surface area contributed by atoms with E-state index in [2.05, 4.69) is 17.0 Å². The number of nitrogens with zero attached hydrogens (tertiary/aromatic N) is 1. The monoisotopic (exact) mass is 415 g/mol. The van der Waals surface area contributed by atoms with E-state index in [1.165, 1.54) is 23.3 Å². The van der Waals surface area contributed by atoms with Crippen LogP contribution in [-0.2, 0) is 25.4 Å². The van der Waals surface area contributed by atoms with Gasteiger partial charge in [-0.25, -0.2) is 0 Å². The summed E-state index contributed by atoms with van der Waals surface area (Å²) in [5, 5.41) is 0. The van der Waals surface area contributed by atoms with E-state index in [0.29, 0.717) is 11.3 Å². The average Bonchev–Trinajstić information content (AvgIpc) is 3.12. The molecule has 30 heavy (non-hydrogen) atoms. The van der Waals surface area contributed by atoms with E-state index in [1.54, 1.807) is 7.11 Å². The zero-order valence-corrected chi connectivity index (χ0v) is 16.8. The van der Waals surface area contributed by atoms with Crippen LogP contribution >= 0.6 is 0 Å². The second-order valence-electron chi connectivity index (χ2n) is 7.57. The molecule has 2 heterocycles. The topological polar surface area (TPSA) is 25.6 Å². The van der Waals surface area contributed by atoms with Gasteiger partial charge in [0.2, 0.25) is 0 Å². The lowest BCUT2D eigenvalue weighted by molar-refractivity contribution is -0.137. The van der Waals surface area contributed by atoms with Gasteiger partial charge in [-0.3, -0.25) is 0 Å². The maximum absolute atomic E-state index is 12.7. The molecule has 0 spiro atoms. The SMILES string of the molecule is COc1ccc2c(c1)CCN(CCc1ccc(-c3ccc(C(F)(F)F)cc3)o1)CC2. The van der Waals surface area contributed by atoms with Crippen molar-refractivity contribution in [3.63, 3.8) is 0 Å². The van der Waals surface area contributed by atoms with Crippen molar-refractivity contribution in [1.82, 2.24) is 4.90 Å². The summed E-state index contributed by atoms with van der Waals surface area (Å²) in [6.07, 6.45) is -1.57. The standard InChI is InChI=1S/C24H24F3NO2/c1-29-22-7-4-17-10-13-28(14-11-19(17)16-22)15-12-21-8-9-23(30-21)18-2-5-20(6-3-18)24(25,26)27/h2-9,16H,10-15H2,1H3. The second kappa shape index (κ2) is 8.56. The summed E-state index contributed by atoms with van der Waals surface area (Å²) >= 11 is 0. The van der Waals surface area contributed by atoms with Crippen LogP contribution in [0, 0.1) is 0 Å². The van der Waals surface area contributed by atoms with Gasteiger partial charge >= 0.3 is 6.18 Å². The fourth-order valence-electron chi connectivity index (χ4n) is 3.86. The van der Waals surface area contributed by atoms with Gasteiger partial charge in [0.25, 0.3) is 0 Å². The van der Waals surface area contributed by atoms with Gasteiger partial charge in [0.1, 0.15) is 17.3 Å². The fraction of sp³-hybridized carbons (Fsp3) is 0.333. The Balaban J connectivity index is 1.35. The number of fused-ring (bicyclic) bond motifs is 1. The molecular weight excluding hydrogens is 391 g/mol. The van der Waals surface area contributed by atoms with Crippen LogP contribution in [0.15, 0.2) is 59.0 Å². The summed E-state index contributed by atoms with van der Waals surface area (Å²) in [7, 11) is 1.69. The van der Waals surface area contributed by atoms with Crippen molar-refractivity contribution < 1.29 is 22.3 Å². The predicted molar refractivity (Wildman–Crippen MR) is 110 cm³/mol. The number of hydrogen-bond acceptors (Lipinski definition) is 3. The van der Waals surface area contributed by atoms with Crippen LogP contribution in [0.3, 0.4) is 0 Å². The molecule has 0 amide bonds. The van der Waals surface area contributed by atoms with E-state index in [-0.39, 0.29) is 0 Å². The Hall–Kier alpha value is -2.73. The average molecular weight is 415 g/mol. The third-order valence-corrected chi connectivity index (χ3v) is 5.64. The van der Waals surface area contributed by atoms with Crippen LogP contribution in [0.2, 0.25) is 0 Å².